The molecule has 0 saturated carbocycles. The Bertz CT molecular complexity index is 706. The van der Waals surface area contributed by atoms with Crippen molar-refractivity contribution >= 4 is 20.9 Å². The second kappa shape index (κ2) is 5.45. The van der Waals surface area contributed by atoms with E-state index in [1.165, 1.54) is 13.0 Å². The number of aliphatic hydroxyl groups excluding tert-OH is 2. The lowest BCUT2D eigenvalue weighted by molar-refractivity contribution is 0.122. The van der Waals surface area contributed by atoms with Crippen LogP contribution in [0.5, 0.6) is 0 Å². The molecule has 0 bridgehead atoms. The van der Waals surface area contributed by atoms with Gasteiger partial charge in [0.15, 0.2) is 0 Å². The number of aliphatic hydroxyl groups is 2. The molecule has 0 saturated heterocycles. The van der Waals surface area contributed by atoms with Crippen LogP contribution in [0.1, 0.15) is 6.92 Å². The van der Waals surface area contributed by atoms with Crippen LogP contribution in [0, 0.1) is 0 Å². The van der Waals surface area contributed by atoms with E-state index in [-0.39, 0.29) is 4.90 Å². The second-order valence-electron chi connectivity index (χ2n) is 4.81. The van der Waals surface area contributed by atoms with E-state index in [2.05, 4.69) is 9.71 Å². The third kappa shape index (κ3) is 2.80. The minimum absolute atomic E-state index is 0.0659. The summed E-state index contributed by atoms with van der Waals surface area (Å²) in [6.07, 6.45) is 1.58. The van der Waals surface area contributed by atoms with E-state index in [1.54, 1.807) is 30.5 Å². The SMILES string of the molecule is CC(CO)(CO)NS(=O)(=O)c1cccc2ncccc12. The standard InChI is InChI=1S/C13H16N2O4S/c1-13(8-16,9-17)15-20(18,19)12-6-2-5-11-10(12)4-3-7-14-11/h2-7,15-17H,8-9H2,1H3. The zero-order valence-corrected chi connectivity index (χ0v) is 11.8. The molecule has 2 rings (SSSR count). The Balaban J connectivity index is 2.53. The molecule has 1 heterocycles. The highest BCUT2D eigenvalue weighted by atomic mass is 32.2. The maximum atomic E-state index is 12.4. The van der Waals surface area contributed by atoms with Crippen molar-refractivity contribution in [3.05, 3.63) is 36.5 Å². The third-order valence-electron chi connectivity index (χ3n) is 2.97. The fourth-order valence-electron chi connectivity index (χ4n) is 1.80. The predicted octanol–water partition coefficient (Wildman–Crippen LogP) is 0.256. The summed E-state index contributed by atoms with van der Waals surface area (Å²) in [5.74, 6) is 0. The van der Waals surface area contributed by atoms with Gasteiger partial charge in [-0.1, -0.05) is 6.07 Å². The summed E-state index contributed by atoms with van der Waals surface area (Å²) in [5.41, 5.74) is -0.756. The van der Waals surface area contributed by atoms with Crippen LogP contribution in [-0.4, -0.2) is 42.4 Å². The number of sulfonamides is 1. The molecule has 7 heteroatoms. The first-order valence-electron chi connectivity index (χ1n) is 6.01. The Morgan fingerprint density at radius 2 is 1.90 bits per heavy atom. The van der Waals surface area contributed by atoms with Gasteiger partial charge in [-0.05, 0) is 31.2 Å². The number of pyridine rings is 1. The molecule has 0 unspecified atom stereocenters. The maximum absolute atomic E-state index is 12.4. The van der Waals surface area contributed by atoms with E-state index in [9.17, 15) is 18.6 Å². The molecule has 1 aromatic carbocycles. The van der Waals surface area contributed by atoms with Crippen LogP contribution in [0.25, 0.3) is 10.9 Å². The van der Waals surface area contributed by atoms with Crippen LogP contribution >= 0.6 is 0 Å². The Hall–Kier alpha value is -1.54. The first kappa shape index (κ1) is 14.9. The zero-order valence-electron chi connectivity index (χ0n) is 10.9. The molecule has 0 radical (unpaired) electrons. The highest BCUT2D eigenvalue weighted by molar-refractivity contribution is 7.89. The summed E-state index contributed by atoms with van der Waals surface area (Å²) in [5, 5.41) is 18.9. The monoisotopic (exact) mass is 296 g/mol. The van der Waals surface area contributed by atoms with E-state index < -0.39 is 28.8 Å². The Labute approximate surface area is 117 Å². The summed E-state index contributed by atoms with van der Waals surface area (Å²) in [7, 11) is -3.88. The molecule has 3 N–H and O–H groups in total. The molecule has 1 aromatic heterocycles. The minimum atomic E-state index is -3.88. The van der Waals surface area contributed by atoms with E-state index in [0.717, 1.165) is 0 Å². The Morgan fingerprint density at radius 1 is 1.20 bits per heavy atom. The quantitative estimate of drug-likeness (QED) is 0.735. The molecule has 2 aromatic rings. The van der Waals surface area contributed by atoms with Gasteiger partial charge in [0, 0.05) is 11.6 Å². The van der Waals surface area contributed by atoms with Crippen molar-refractivity contribution in [2.75, 3.05) is 13.2 Å². The van der Waals surface area contributed by atoms with Crippen LogP contribution in [0.4, 0.5) is 0 Å². The first-order chi connectivity index (χ1) is 9.42. The van der Waals surface area contributed by atoms with Gasteiger partial charge in [-0.25, -0.2) is 13.1 Å². The summed E-state index contributed by atoms with van der Waals surface area (Å²) < 4.78 is 27.2. The van der Waals surface area contributed by atoms with E-state index in [4.69, 9.17) is 0 Å². The lowest BCUT2D eigenvalue weighted by Gasteiger charge is -2.26. The van der Waals surface area contributed by atoms with E-state index in [0.29, 0.717) is 10.9 Å². The number of hydrogen-bond donors (Lipinski definition) is 3. The molecule has 0 amide bonds. The number of benzene rings is 1. The van der Waals surface area contributed by atoms with Gasteiger partial charge in [-0.3, -0.25) is 4.98 Å². The van der Waals surface area contributed by atoms with Gasteiger partial charge < -0.3 is 10.2 Å². The lowest BCUT2D eigenvalue weighted by Crippen LogP contribution is -2.51. The van der Waals surface area contributed by atoms with Gasteiger partial charge in [0.25, 0.3) is 0 Å². The first-order valence-corrected chi connectivity index (χ1v) is 7.50. The van der Waals surface area contributed by atoms with Gasteiger partial charge in [0.05, 0.1) is 29.2 Å². The molecule has 108 valence electrons. The number of nitrogens with one attached hydrogen (secondary N) is 1. The molecule has 0 fully saturated rings. The van der Waals surface area contributed by atoms with Crippen LogP contribution in [0.3, 0.4) is 0 Å². The van der Waals surface area contributed by atoms with Crippen molar-refractivity contribution in [2.24, 2.45) is 0 Å². The highest BCUT2D eigenvalue weighted by Crippen LogP contribution is 2.22. The molecule has 0 aliphatic heterocycles. The predicted molar refractivity (Wildman–Crippen MR) is 74.6 cm³/mol. The smallest absolute Gasteiger partial charge is 0.241 e. The van der Waals surface area contributed by atoms with Gasteiger partial charge in [0.2, 0.25) is 10.0 Å². The molecule has 0 aliphatic rings. The lowest BCUT2D eigenvalue weighted by atomic mass is 10.1. The van der Waals surface area contributed by atoms with Crippen molar-refractivity contribution in [3.63, 3.8) is 0 Å². The normalized spacial score (nSPS) is 12.8. The molecule has 0 aliphatic carbocycles. The zero-order chi connectivity index (χ0) is 14.8. The molecule has 0 atom stereocenters. The van der Waals surface area contributed by atoms with Crippen LogP contribution in [0.2, 0.25) is 0 Å². The average molecular weight is 296 g/mol. The van der Waals surface area contributed by atoms with Gasteiger partial charge in [0.1, 0.15) is 0 Å². The summed E-state index contributed by atoms with van der Waals surface area (Å²) >= 11 is 0. The van der Waals surface area contributed by atoms with Gasteiger partial charge in [-0.2, -0.15) is 0 Å². The molecular weight excluding hydrogens is 280 g/mol. The average Bonchev–Trinajstić information content (AvgIpc) is 2.46. The fraction of sp³-hybridized carbons (Fsp3) is 0.308. The van der Waals surface area contributed by atoms with Gasteiger partial charge in [-0.15, -0.1) is 0 Å². The van der Waals surface area contributed by atoms with Crippen LogP contribution in [0.15, 0.2) is 41.4 Å². The largest absolute Gasteiger partial charge is 0.394 e. The topological polar surface area (TPSA) is 99.5 Å². The fourth-order valence-corrected chi connectivity index (χ4v) is 3.41. The van der Waals surface area contributed by atoms with E-state index >= 15 is 0 Å². The Morgan fingerprint density at radius 3 is 2.55 bits per heavy atom. The second-order valence-corrected chi connectivity index (χ2v) is 6.46. The molecule has 0 spiro atoms. The maximum Gasteiger partial charge on any atom is 0.241 e. The van der Waals surface area contributed by atoms with Crippen molar-refractivity contribution in [1.82, 2.24) is 9.71 Å². The third-order valence-corrected chi connectivity index (χ3v) is 4.67. The Kier molecular flexibility index (Phi) is 4.05. The molecule has 6 nitrogen and oxygen atoms in total. The molecular formula is C13H16N2O4S. The summed E-state index contributed by atoms with van der Waals surface area (Å²) in [4.78, 5) is 4.17. The van der Waals surface area contributed by atoms with Gasteiger partial charge >= 0.3 is 0 Å². The minimum Gasteiger partial charge on any atom is -0.394 e. The number of rotatable bonds is 5. The number of nitrogens with zero attached hydrogens (tertiary/aromatic N) is 1. The number of fused-ring (bicyclic) bond motifs is 1. The molecule has 20 heavy (non-hydrogen) atoms. The number of aromatic nitrogens is 1. The van der Waals surface area contributed by atoms with Crippen molar-refractivity contribution in [3.8, 4) is 0 Å². The van der Waals surface area contributed by atoms with Crippen LogP contribution in [-0.2, 0) is 10.0 Å². The summed E-state index contributed by atoms with van der Waals surface area (Å²) in [6.45, 7) is 0.408. The van der Waals surface area contributed by atoms with Crippen molar-refractivity contribution < 1.29 is 18.6 Å². The van der Waals surface area contributed by atoms with E-state index in [1.807, 2.05) is 0 Å². The van der Waals surface area contributed by atoms with Crippen molar-refractivity contribution in [2.45, 2.75) is 17.4 Å². The van der Waals surface area contributed by atoms with Crippen LogP contribution < -0.4 is 4.72 Å². The summed E-state index contributed by atoms with van der Waals surface area (Å²) in [6, 6.07) is 8.08. The number of hydrogen-bond acceptors (Lipinski definition) is 5. The van der Waals surface area contributed by atoms with Crippen molar-refractivity contribution in [1.29, 1.82) is 0 Å². The highest BCUT2D eigenvalue weighted by Gasteiger charge is 2.30.